The van der Waals surface area contributed by atoms with Crippen LogP contribution in [0.15, 0.2) is 42.5 Å². The number of methoxy groups -OCH3 is 2. The Morgan fingerprint density at radius 2 is 1.62 bits per heavy atom. The quantitative estimate of drug-likeness (QED) is 0.613. The van der Waals surface area contributed by atoms with Crippen LogP contribution in [0.4, 0.5) is 0 Å². The summed E-state index contributed by atoms with van der Waals surface area (Å²) in [7, 11) is 3.03. The van der Waals surface area contributed by atoms with Crippen LogP contribution in [0.3, 0.4) is 0 Å². The molecule has 0 unspecified atom stereocenters. The molecule has 0 fully saturated rings. The van der Waals surface area contributed by atoms with Crippen LogP contribution in [-0.4, -0.2) is 39.3 Å². The first kappa shape index (κ1) is 22.1. The Kier molecular flexibility index (Phi) is 8.33. The lowest BCUT2D eigenvalue weighted by molar-refractivity contribution is -0.143. The maximum Gasteiger partial charge on any atom is 0.308 e. The van der Waals surface area contributed by atoms with Crippen LogP contribution >= 0.6 is 0 Å². The van der Waals surface area contributed by atoms with Crippen LogP contribution in [0.2, 0.25) is 0 Å². The Hall–Kier alpha value is -3.22. The van der Waals surface area contributed by atoms with Crippen molar-refractivity contribution in [3.05, 3.63) is 53.6 Å². The van der Waals surface area contributed by atoms with Gasteiger partial charge in [0.25, 0.3) is 5.91 Å². The fourth-order valence-corrected chi connectivity index (χ4v) is 2.82. The maximum atomic E-state index is 12.8. The van der Waals surface area contributed by atoms with Crippen molar-refractivity contribution in [2.45, 2.75) is 26.3 Å². The van der Waals surface area contributed by atoms with Gasteiger partial charge < -0.3 is 24.3 Å². The van der Waals surface area contributed by atoms with E-state index in [1.54, 1.807) is 37.3 Å². The van der Waals surface area contributed by atoms with Crippen LogP contribution in [0.5, 0.6) is 17.2 Å². The van der Waals surface area contributed by atoms with E-state index in [-0.39, 0.29) is 24.9 Å². The molecule has 0 aliphatic carbocycles. The van der Waals surface area contributed by atoms with Crippen molar-refractivity contribution in [3.8, 4) is 17.2 Å². The molecular formula is C22H27NO6. The predicted molar refractivity (Wildman–Crippen MR) is 109 cm³/mol. The van der Waals surface area contributed by atoms with E-state index < -0.39 is 6.04 Å². The molecule has 0 aliphatic rings. The normalized spacial score (nSPS) is 11.3. The van der Waals surface area contributed by atoms with Gasteiger partial charge in [-0.1, -0.05) is 12.1 Å². The summed E-state index contributed by atoms with van der Waals surface area (Å²) < 4.78 is 21.0. The molecule has 0 bridgehead atoms. The number of amides is 1. The van der Waals surface area contributed by atoms with Gasteiger partial charge in [0.2, 0.25) is 0 Å². The fraction of sp³-hybridized carbons (Fsp3) is 0.364. The predicted octanol–water partition coefficient (Wildman–Crippen LogP) is 3.53. The zero-order chi connectivity index (χ0) is 21.2. The van der Waals surface area contributed by atoms with Gasteiger partial charge in [0.1, 0.15) is 5.75 Å². The Labute approximate surface area is 170 Å². The molecular weight excluding hydrogens is 374 g/mol. The fourth-order valence-electron chi connectivity index (χ4n) is 2.82. The number of nitrogens with one attached hydrogen (secondary N) is 1. The molecule has 0 aliphatic heterocycles. The van der Waals surface area contributed by atoms with Gasteiger partial charge in [-0.25, -0.2) is 0 Å². The second-order valence-electron chi connectivity index (χ2n) is 6.11. The number of ether oxygens (including phenoxy) is 4. The van der Waals surface area contributed by atoms with Gasteiger partial charge in [0, 0.05) is 5.56 Å². The summed E-state index contributed by atoms with van der Waals surface area (Å²) in [6, 6.07) is 11.6. The SMILES string of the molecule is CCOC(=O)C[C@@H](NC(=O)c1ccc(OC)c(OC)c1)c1ccc(OCC)cc1. The smallest absolute Gasteiger partial charge is 0.308 e. The monoisotopic (exact) mass is 401 g/mol. The molecule has 29 heavy (non-hydrogen) atoms. The molecule has 0 saturated heterocycles. The standard InChI is InChI=1S/C22H27NO6/c1-5-28-17-10-7-15(8-11-17)18(14-21(24)29-6-2)23-22(25)16-9-12-19(26-3)20(13-16)27-4/h7-13,18H,5-6,14H2,1-4H3,(H,23,25)/t18-/m1/s1. The highest BCUT2D eigenvalue weighted by Crippen LogP contribution is 2.28. The van der Waals surface area contributed by atoms with Crippen molar-refractivity contribution in [1.29, 1.82) is 0 Å². The van der Waals surface area contributed by atoms with Crippen molar-refractivity contribution in [1.82, 2.24) is 5.32 Å². The summed E-state index contributed by atoms with van der Waals surface area (Å²) in [6.45, 7) is 4.48. The molecule has 1 amide bonds. The second kappa shape index (κ2) is 10.9. The minimum Gasteiger partial charge on any atom is -0.494 e. The van der Waals surface area contributed by atoms with Gasteiger partial charge in [-0.3, -0.25) is 9.59 Å². The Morgan fingerprint density at radius 3 is 2.21 bits per heavy atom. The van der Waals surface area contributed by atoms with Gasteiger partial charge in [0.15, 0.2) is 11.5 Å². The van der Waals surface area contributed by atoms with E-state index in [4.69, 9.17) is 18.9 Å². The third-order valence-corrected chi connectivity index (χ3v) is 4.22. The first-order valence-corrected chi connectivity index (χ1v) is 9.43. The summed E-state index contributed by atoms with van der Waals surface area (Å²) in [5.74, 6) is 0.965. The van der Waals surface area contributed by atoms with E-state index in [0.29, 0.717) is 23.7 Å². The van der Waals surface area contributed by atoms with Crippen molar-refractivity contribution in [2.75, 3.05) is 27.4 Å². The molecule has 7 heteroatoms. The Morgan fingerprint density at radius 1 is 0.931 bits per heavy atom. The second-order valence-corrected chi connectivity index (χ2v) is 6.11. The first-order valence-electron chi connectivity index (χ1n) is 9.43. The van der Waals surface area contributed by atoms with Crippen molar-refractivity contribution >= 4 is 11.9 Å². The lowest BCUT2D eigenvalue weighted by Crippen LogP contribution is -2.30. The van der Waals surface area contributed by atoms with Crippen LogP contribution < -0.4 is 19.5 Å². The summed E-state index contributed by atoms with van der Waals surface area (Å²) in [6.07, 6.45) is 0.0147. The molecule has 7 nitrogen and oxygen atoms in total. The molecule has 1 atom stereocenters. The lowest BCUT2D eigenvalue weighted by Gasteiger charge is -2.19. The maximum absolute atomic E-state index is 12.8. The third-order valence-electron chi connectivity index (χ3n) is 4.22. The zero-order valence-electron chi connectivity index (χ0n) is 17.2. The zero-order valence-corrected chi connectivity index (χ0v) is 17.2. The van der Waals surface area contributed by atoms with E-state index in [0.717, 1.165) is 11.3 Å². The molecule has 0 radical (unpaired) electrons. The van der Waals surface area contributed by atoms with Gasteiger partial charge in [-0.15, -0.1) is 0 Å². The molecule has 0 aromatic heterocycles. The summed E-state index contributed by atoms with van der Waals surface area (Å²) in [5.41, 5.74) is 1.16. The highest BCUT2D eigenvalue weighted by molar-refractivity contribution is 5.95. The Balaban J connectivity index is 2.24. The number of rotatable bonds is 10. The van der Waals surface area contributed by atoms with Crippen LogP contribution in [0.1, 0.15) is 42.2 Å². The highest BCUT2D eigenvalue weighted by Gasteiger charge is 2.21. The van der Waals surface area contributed by atoms with E-state index in [1.165, 1.54) is 14.2 Å². The number of carbonyl (C=O) groups excluding carboxylic acids is 2. The number of hydrogen-bond acceptors (Lipinski definition) is 6. The molecule has 1 N–H and O–H groups in total. The topological polar surface area (TPSA) is 83.1 Å². The molecule has 0 saturated carbocycles. The minimum absolute atomic E-state index is 0.0147. The molecule has 0 spiro atoms. The van der Waals surface area contributed by atoms with Crippen molar-refractivity contribution in [2.24, 2.45) is 0 Å². The van der Waals surface area contributed by atoms with Gasteiger partial charge in [0.05, 0.1) is 39.9 Å². The molecule has 2 rings (SSSR count). The van der Waals surface area contributed by atoms with Gasteiger partial charge in [-0.05, 0) is 49.7 Å². The molecule has 156 valence electrons. The minimum atomic E-state index is -0.551. The van der Waals surface area contributed by atoms with Crippen LogP contribution in [-0.2, 0) is 9.53 Å². The van der Waals surface area contributed by atoms with Crippen molar-refractivity contribution in [3.63, 3.8) is 0 Å². The van der Waals surface area contributed by atoms with Crippen LogP contribution in [0, 0.1) is 0 Å². The molecule has 0 heterocycles. The number of carbonyl (C=O) groups is 2. The number of esters is 1. The van der Waals surface area contributed by atoms with Crippen molar-refractivity contribution < 1.29 is 28.5 Å². The Bertz CT molecular complexity index is 819. The van der Waals surface area contributed by atoms with E-state index in [2.05, 4.69) is 5.32 Å². The summed E-state index contributed by atoms with van der Waals surface area (Å²) >= 11 is 0. The average Bonchev–Trinajstić information content (AvgIpc) is 2.73. The number of benzene rings is 2. The van der Waals surface area contributed by atoms with Gasteiger partial charge in [-0.2, -0.15) is 0 Å². The van der Waals surface area contributed by atoms with Gasteiger partial charge >= 0.3 is 5.97 Å². The summed E-state index contributed by atoms with van der Waals surface area (Å²) in [4.78, 5) is 24.9. The largest absolute Gasteiger partial charge is 0.494 e. The average molecular weight is 401 g/mol. The molecule has 2 aromatic rings. The van der Waals surface area contributed by atoms with E-state index >= 15 is 0 Å². The first-order chi connectivity index (χ1) is 14.0. The molecule has 2 aromatic carbocycles. The third kappa shape index (κ3) is 6.14. The number of hydrogen-bond donors (Lipinski definition) is 1. The summed E-state index contributed by atoms with van der Waals surface area (Å²) in [5, 5.41) is 2.90. The van der Waals surface area contributed by atoms with E-state index in [9.17, 15) is 9.59 Å². The van der Waals surface area contributed by atoms with Crippen LogP contribution in [0.25, 0.3) is 0 Å². The van der Waals surface area contributed by atoms with E-state index in [1.807, 2.05) is 19.1 Å². The lowest BCUT2D eigenvalue weighted by atomic mass is 10.0. The highest BCUT2D eigenvalue weighted by atomic mass is 16.5.